The van der Waals surface area contributed by atoms with Crippen LogP contribution in [0.25, 0.3) is 0 Å². The first kappa shape index (κ1) is 18.1. The number of pyridine rings is 1. The Morgan fingerprint density at radius 1 is 1.17 bits per heavy atom. The number of amides is 1. The summed E-state index contributed by atoms with van der Waals surface area (Å²) in [4.78, 5) is 18.3. The molecule has 1 N–H and O–H groups in total. The number of benzene rings is 1. The summed E-state index contributed by atoms with van der Waals surface area (Å²) in [7, 11) is 4.08. The first-order valence-electron chi connectivity index (χ1n) is 8.51. The first-order chi connectivity index (χ1) is 11.6. The Morgan fingerprint density at radius 3 is 2.50 bits per heavy atom. The van der Waals surface area contributed by atoms with Crippen LogP contribution in [0.15, 0.2) is 48.8 Å². The third-order valence-electron chi connectivity index (χ3n) is 4.25. The number of likely N-dealkylation sites (N-methyl/N-ethyl adjacent to an activating group) is 1. The molecule has 0 saturated carbocycles. The minimum Gasteiger partial charge on any atom is -0.354 e. The van der Waals surface area contributed by atoms with E-state index in [2.05, 4.69) is 46.4 Å². The largest absolute Gasteiger partial charge is 0.354 e. The molecule has 0 bridgehead atoms. The van der Waals surface area contributed by atoms with Crippen LogP contribution in [0.1, 0.15) is 36.1 Å². The van der Waals surface area contributed by atoms with Gasteiger partial charge in [0.1, 0.15) is 0 Å². The smallest absolute Gasteiger partial charge is 0.220 e. The van der Waals surface area contributed by atoms with Crippen LogP contribution in [-0.2, 0) is 17.6 Å². The zero-order valence-electron chi connectivity index (χ0n) is 14.8. The number of rotatable bonds is 8. The van der Waals surface area contributed by atoms with Crippen LogP contribution < -0.4 is 5.32 Å². The molecular formula is C20H27N3O. The Labute approximate surface area is 144 Å². The van der Waals surface area contributed by atoms with Gasteiger partial charge in [-0.15, -0.1) is 0 Å². The summed E-state index contributed by atoms with van der Waals surface area (Å²) in [5.74, 6) is 0.0795. The highest BCUT2D eigenvalue weighted by atomic mass is 16.1. The molecule has 0 saturated heterocycles. The molecule has 0 radical (unpaired) electrons. The molecule has 1 aromatic heterocycles. The predicted octanol–water partition coefficient (Wildman–Crippen LogP) is 3.00. The van der Waals surface area contributed by atoms with Crippen molar-refractivity contribution < 1.29 is 4.79 Å². The lowest BCUT2D eigenvalue weighted by Crippen LogP contribution is -2.34. The molecule has 0 fully saturated rings. The topological polar surface area (TPSA) is 45.2 Å². The minimum atomic E-state index is 0.0795. The third kappa shape index (κ3) is 5.46. The van der Waals surface area contributed by atoms with Crippen molar-refractivity contribution in [3.05, 3.63) is 65.5 Å². The second-order valence-corrected chi connectivity index (χ2v) is 6.24. The summed E-state index contributed by atoms with van der Waals surface area (Å²) in [6.45, 7) is 2.77. The van der Waals surface area contributed by atoms with Gasteiger partial charge in [0, 0.05) is 25.4 Å². The van der Waals surface area contributed by atoms with Gasteiger partial charge < -0.3 is 10.2 Å². The van der Waals surface area contributed by atoms with Gasteiger partial charge in [-0.25, -0.2) is 0 Å². The highest BCUT2D eigenvalue weighted by Crippen LogP contribution is 2.18. The maximum absolute atomic E-state index is 12.1. The Hall–Kier alpha value is -2.20. The van der Waals surface area contributed by atoms with Crippen LogP contribution in [0.4, 0.5) is 0 Å². The number of carbonyl (C=O) groups excluding carboxylic acids is 1. The zero-order chi connectivity index (χ0) is 17.4. The fraction of sp³-hybridized carbons (Fsp3) is 0.400. The second kappa shape index (κ2) is 9.18. The number of nitrogens with zero attached hydrogens (tertiary/aromatic N) is 2. The van der Waals surface area contributed by atoms with Crippen molar-refractivity contribution in [2.75, 3.05) is 20.6 Å². The molecule has 2 aromatic rings. The van der Waals surface area contributed by atoms with Gasteiger partial charge in [-0.05, 0) is 49.7 Å². The van der Waals surface area contributed by atoms with Crippen LogP contribution in [-0.4, -0.2) is 36.4 Å². The number of nitrogens with one attached hydrogen (secondary N) is 1. The van der Waals surface area contributed by atoms with E-state index in [4.69, 9.17) is 0 Å². The van der Waals surface area contributed by atoms with Crippen molar-refractivity contribution in [3.8, 4) is 0 Å². The Morgan fingerprint density at radius 2 is 1.92 bits per heavy atom. The van der Waals surface area contributed by atoms with Crippen molar-refractivity contribution in [1.82, 2.24) is 15.2 Å². The second-order valence-electron chi connectivity index (χ2n) is 6.24. The fourth-order valence-corrected chi connectivity index (χ4v) is 2.68. The average molecular weight is 325 g/mol. The van der Waals surface area contributed by atoms with Crippen molar-refractivity contribution >= 4 is 5.91 Å². The molecule has 128 valence electrons. The van der Waals surface area contributed by atoms with Crippen LogP contribution in [0.2, 0.25) is 0 Å². The number of hydrogen-bond acceptors (Lipinski definition) is 3. The SMILES string of the molecule is CCc1ccc(C(CNC(=O)CCc2cccnc2)N(C)C)cc1. The van der Waals surface area contributed by atoms with E-state index in [0.717, 1.165) is 18.4 Å². The normalized spacial score (nSPS) is 12.2. The lowest BCUT2D eigenvalue weighted by atomic mass is 10.0. The van der Waals surface area contributed by atoms with E-state index in [9.17, 15) is 4.79 Å². The van der Waals surface area contributed by atoms with Crippen molar-refractivity contribution in [3.63, 3.8) is 0 Å². The maximum Gasteiger partial charge on any atom is 0.220 e. The summed E-state index contributed by atoms with van der Waals surface area (Å²) < 4.78 is 0. The van der Waals surface area contributed by atoms with E-state index < -0.39 is 0 Å². The van der Waals surface area contributed by atoms with Gasteiger partial charge in [0.2, 0.25) is 5.91 Å². The molecule has 4 nitrogen and oxygen atoms in total. The Kier molecular flexibility index (Phi) is 6.94. The maximum atomic E-state index is 12.1. The van der Waals surface area contributed by atoms with Crippen LogP contribution in [0.3, 0.4) is 0 Å². The van der Waals surface area contributed by atoms with Gasteiger partial charge in [0.05, 0.1) is 6.04 Å². The predicted molar refractivity (Wildman–Crippen MR) is 97.8 cm³/mol. The molecule has 1 atom stereocenters. The van der Waals surface area contributed by atoms with Crippen molar-refractivity contribution in [2.45, 2.75) is 32.2 Å². The van der Waals surface area contributed by atoms with Gasteiger partial charge in [0.15, 0.2) is 0 Å². The van der Waals surface area contributed by atoms with Gasteiger partial charge in [-0.3, -0.25) is 9.78 Å². The molecule has 1 amide bonds. The monoisotopic (exact) mass is 325 g/mol. The van der Waals surface area contributed by atoms with E-state index in [0.29, 0.717) is 13.0 Å². The van der Waals surface area contributed by atoms with E-state index in [-0.39, 0.29) is 11.9 Å². The molecule has 1 aromatic carbocycles. The Bertz CT molecular complexity index is 623. The summed E-state index contributed by atoms with van der Waals surface area (Å²) in [5, 5.41) is 3.06. The van der Waals surface area contributed by atoms with Gasteiger partial charge >= 0.3 is 0 Å². The first-order valence-corrected chi connectivity index (χ1v) is 8.51. The standard InChI is InChI=1S/C20H27N3O/c1-4-16-7-10-18(11-8-16)19(23(2)3)15-22-20(24)12-9-17-6-5-13-21-14-17/h5-8,10-11,13-14,19H,4,9,12,15H2,1-3H3,(H,22,24). The quantitative estimate of drug-likeness (QED) is 0.811. The molecule has 0 aliphatic rings. The van der Waals surface area contributed by atoms with E-state index in [1.54, 1.807) is 6.20 Å². The highest BCUT2D eigenvalue weighted by Gasteiger charge is 2.15. The van der Waals surface area contributed by atoms with E-state index in [1.807, 2.05) is 32.4 Å². The van der Waals surface area contributed by atoms with Crippen LogP contribution in [0.5, 0.6) is 0 Å². The van der Waals surface area contributed by atoms with E-state index in [1.165, 1.54) is 11.1 Å². The molecule has 1 unspecified atom stereocenters. The van der Waals surface area contributed by atoms with Crippen molar-refractivity contribution in [1.29, 1.82) is 0 Å². The molecular weight excluding hydrogens is 298 g/mol. The number of hydrogen-bond donors (Lipinski definition) is 1. The van der Waals surface area contributed by atoms with Gasteiger partial charge in [-0.1, -0.05) is 37.3 Å². The average Bonchev–Trinajstić information content (AvgIpc) is 2.61. The van der Waals surface area contributed by atoms with E-state index >= 15 is 0 Å². The van der Waals surface area contributed by atoms with Gasteiger partial charge in [-0.2, -0.15) is 0 Å². The summed E-state index contributed by atoms with van der Waals surface area (Å²) in [6.07, 6.45) is 5.80. The lowest BCUT2D eigenvalue weighted by Gasteiger charge is -2.25. The molecule has 2 rings (SSSR count). The Balaban J connectivity index is 1.87. The lowest BCUT2D eigenvalue weighted by molar-refractivity contribution is -0.121. The molecule has 1 heterocycles. The molecule has 4 heteroatoms. The molecule has 0 aliphatic heterocycles. The number of carbonyl (C=O) groups is 1. The minimum absolute atomic E-state index is 0.0795. The summed E-state index contributed by atoms with van der Waals surface area (Å²) in [6, 6.07) is 12.7. The molecule has 0 spiro atoms. The molecule has 24 heavy (non-hydrogen) atoms. The highest BCUT2D eigenvalue weighted by molar-refractivity contribution is 5.76. The van der Waals surface area contributed by atoms with Gasteiger partial charge in [0.25, 0.3) is 0 Å². The van der Waals surface area contributed by atoms with Crippen LogP contribution >= 0.6 is 0 Å². The molecule has 0 aliphatic carbocycles. The summed E-state index contributed by atoms with van der Waals surface area (Å²) in [5.41, 5.74) is 3.65. The zero-order valence-corrected chi connectivity index (χ0v) is 14.8. The number of aryl methyl sites for hydroxylation is 2. The van der Waals surface area contributed by atoms with Crippen molar-refractivity contribution in [2.24, 2.45) is 0 Å². The third-order valence-corrected chi connectivity index (χ3v) is 4.25. The fourth-order valence-electron chi connectivity index (χ4n) is 2.68. The number of aromatic nitrogens is 1. The summed E-state index contributed by atoms with van der Waals surface area (Å²) >= 11 is 0. The van der Waals surface area contributed by atoms with Crippen LogP contribution in [0, 0.1) is 0 Å².